The van der Waals surface area contributed by atoms with E-state index in [2.05, 4.69) is 15.2 Å². The van der Waals surface area contributed by atoms with Crippen molar-refractivity contribution in [1.29, 1.82) is 0 Å². The quantitative estimate of drug-likeness (QED) is 0.477. The van der Waals surface area contributed by atoms with E-state index < -0.39 is 5.97 Å². The van der Waals surface area contributed by atoms with Gasteiger partial charge in [0.1, 0.15) is 5.01 Å². The fourth-order valence-corrected chi connectivity index (χ4v) is 3.91. The molecule has 0 radical (unpaired) electrons. The van der Waals surface area contributed by atoms with Crippen LogP contribution in [0, 0.1) is 0 Å². The van der Waals surface area contributed by atoms with Gasteiger partial charge in [-0.15, -0.1) is 11.3 Å². The average Bonchev–Trinajstić information content (AvgIpc) is 3.28. The second-order valence-electron chi connectivity index (χ2n) is 5.93. The summed E-state index contributed by atoms with van der Waals surface area (Å²) >= 11 is 7.45. The molecule has 0 fully saturated rings. The predicted octanol–water partition coefficient (Wildman–Crippen LogP) is 5.36. The van der Waals surface area contributed by atoms with Gasteiger partial charge >= 0.3 is 5.97 Å². The first-order valence-electron chi connectivity index (χ1n) is 8.18. The molecule has 0 saturated carbocycles. The number of halogens is 1. The highest BCUT2D eigenvalue weighted by atomic mass is 35.5. The molecule has 0 unspecified atom stereocenters. The van der Waals surface area contributed by atoms with E-state index in [1.165, 1.54) is 11.3 Å². The molecular weight excluding hydrogens is 382 g/mol. The molecule has 5 nitrogen and oxygen atoms in total. The van der Waals surface area contributed by atoms with Gasteiger partial charge in [-0.25, -0.2) is 4.98 Å². The van der Waals surface area contributed by atoms with Crippen molar-refractivity contribution in [2.24, 2.45) is 0 Å². The Kier molecular flexibility index (Phi) is 4.75. The number of nitrogens with zero attached hydrogens (tertiary/aromatic N) is 2. The lowest BCUT2D eigenvalue weighted by Gasteiger charge is -2.03. The van der Waals surface area contributed by atoms with Crippen LogP contribution in [0.1, 0.15) is 17.0 Å². The molecular formula is C20H14ClN3O2S. The van der Waals surface area contributed by atoms with E-state index in [-0.39, 0.29) is 6.42 Å². The molecule has 0 atom stereocenters. The van der Waals surface area contributed by atoms with E-state index in [1.54, 1.807) is 18.3 Å². The summed E-state index contributed by atoms with van der Waals surface area (Å²) < 4.78 is 1.02. The first-order chi connectivity index (χ1) is 13.1. The maximum Gasteiger partial charge on any atom is 0.307 e. The van der Waals surface area contributed by atoms with E-state index in [9.17, 15) is 9.90 Å². The van der Waals surface area contributed by atoms with Crippen molar-refractivity contribution in [3.8, 4) is 11.3 Å². The minimum absolute atomic E-state index is 0.120. The Balaban J connectivity index is 1.79. The van der Waals surface area contributed by atoms with Crippen LogP contribution >= 0.6 is 22.9 Å². The molecule has 0 spiro atoms. The Bertz CT molecular complexity index is 1110. The van der Waals surface area contributed by atoms with E-state index >= 15 is 0 Å². The molecule has 0 bridgehead atoms. The molecule has 2 heterocycles. The molecule has 0 saturated heterocycles. The maximum atomic E-state index is 11.4. The van der Waals surface area contributed by atoms with Crippen LogP contribution in [0.4, 0.5) is 0 Å². The first-order valence-corrected chi connectivity index (χ1v) is 9.37. The molecule has 2 N–H and O–H groups in total. The predicted molar refractivity (Wildman–Crippen MR) is 109 cm³/mol. The zero-order chi connectivity index (χ0) is 18.8. The molecule has 0 aliphatic heterocycles. The van der Waals surface area contributed by atoms with Crippen molar-refractivity contribution in [2.75, 3.05) is 0 Å². The summed E-state index contributed by atoms with van der Waals surface area (Å²) in [4.78, 5) is 16.0. The lowest BCUT2D eigenvalue weighted by molar-refractivity contribution is -0.135. The topological polar surface area (TPSA) is 78.9 Å². The largest absolute Gasteiger partial charge is 0.481 e. The number of fused-ring (bicyclic) bond motifs is 1. The molecule has 0 aliphatic carbocycles. The second kappa shape index (κ2) is 7.34. The molecule has 134 valence electrons. The van der Waals surface area contributed by atoms with E-state index in [0.29, 0.717) is 15.6 Å². The number of carboxylic acids is 1. The standard InChI is InChI=1S/C20H14ClN3O2S/c21-15-7-5-12(6-8-15)19-14(11-22-24-19)9-13(10-18(25)26)20-23-16-3-1-2-4-17(16)27-20/h1-9,11H,10H2,(H,22,24)(H,25,26). The minimum atomic E-state index is -0.906. The van der Waals surface area contributed by atoms with Gasteiger partial charge in [-0.2, -0.15) is 5.10 Å². The number of aliphatic carboxylic acids is 1. The van der Waals surface area contributed by atoms with Crippen LogP contribution < -0.4 is 0 Å². The van der Waals surface area contributed by atoms with Gasteiger partial charge in [-0.1, -0.05) is 35.9 Å². The molecule has 2 aromatic heterocycles. The third-order valence-electron chi connectivity index (χ3n) is 4.04. The Morgan fingerprint density at radius 3 is 2.70 bits per heavy atom. The number of rotatable bonds is 5. The zero-order valence-corrected chi connectivity index (χ0v) is 15.6. The number of carboxylic acid groups (broad SMARTS) is 1. The number of aromatic amines is 1. The molecule has 7 heteroatoms. The van der Waals surface area contributed by atoms with Gasteiger partial charge in [0.25, 0.3) is 0 Å². The van der Waals surface area contributed by atoms with E-state index in [4.69, 9.17) is 11.6 Å². The molecule has 0 amide bonds. The monoisotopic (exact) mass is 395 g/mol. The number of para-hydroxylation sites is 1. The highest BCUT2D eigenvalue weighted by molar-refractivity contribution is 7.19. The van der Waals surface area contributed by atoms with Gasteiger partial charge in [-0.3, -0.25) is 9.89 Å². The zero-order valence-electron chi connectivity index (χ0n) is 14.0. The Morgan fingerprint density at radius 1 is 1.19 bits per heavy atom. The number of benzene rings is 2. The van der Waals surface area contributed by atoms with Crippen LogP contribution in [-0.2, 0) is 4.79 Å². The van der Waals surface area contributed by atoms with Gasteiger partial charge in [-0.05, 0) is 35.9 Å². The van der Waals surface area contributed by atoms with Gasteiger partial charge in [0.05, 0.1) is 28.5 Å². The number of nitrogens with one attached hydrogen (secondary N) is 1. The summed E-state index contributed by atoms with van der Waals surface area (Å²) in [5.41, 5.74) is 4.02. The van der Waals surface area contributed by atoms with Gasteiger partial charge in [0.2, 0.25) is 0 Å². The van der Waals surface area contributed by atoms with Gasteiger partial charge < -0.3 is 5.11 Å². The lowest BCUT2D eigenvalue weighted by atomic mass is 10.0. The normalized spacial score (nSPS) is 11.8. The van der Waals surface area contributed by atoms with Crippen LogP contribution in [0.3, 0.4) is 0 Å². The number of carbonyl (C=O) groups is 1. The van der Waals surface area contributed by atoms with Crippen LogP contribution in [0.15, 0.2) is 54.7 Å². The third-order valence-corrected chi connectivity index (χ3v) is 5.41. The van der Waals surface area contributed by atoms with E-state index in [1.807, 2.05) is 42.5 Å². The van der Waals surface area contributed by atoms with Crippen LogP contribution in [0.25, 0.3) is 33.1 Å². The molecule has 0 aliphatic rings. The summed E-state index contributed by atoms with van der Waals surface area (Å²) in [7, 11) is 0. The molecule has 27 heavy (non-hydrogen) atoms. The van der Waals surface area contributed by atoms with Crippen LogP contribution in [0.2, 0.25) is 5.02 Å². The summed E-state index contributed by atoms with van der Waals surface area (Å²) in [5, 5.41) is 17.8. The van der Waals surface area contributed by atoms with Gasteiger partial charge in [0, 0.05) is 16.1 Å². The molecule has 4 rings (SSSR count). The summed E-state index contributed by atoms with van der Waals surface area (Å²) in [5.74, 6) is -0.906. The Hall–Kier alpha value is -2.96. The highest BCUT2D eigenvalue weighted by Gasteiger charge is 2.15. The second-order valence-corrected chi connectivity index (χ2v) is 7.40. The van der Waals surface area contributed by atoms with Crippen LogP contribution in [-0.4, -0.2) is 26.3 Å². The van der Waals surface area contributed by atoms with E-state index in [0.717, 1.165) is 27.0 Å². The fourth-order valence-electron chi connectivity index (χ4n) is 2.80. The fraction of sp³-hybridized carbons (Fsp3) is 0.0500. The summed E-state index contributed by atoms with van der Waals surface area (Å²) in [6.45, 7) is 0. The van der Waals surface area contributed by atoms with Crippen molar-refractivity contribution >= 4 is 50.8 Å². The third kappa shape index (κ3) is 3.77. The lowest BCUT2D eigenvalue weighted by Crippen LogP contribution is -1.97. The Labute approximate surface area is 164 Å². The SMILES string of the molecule is O=C(O)CC(=Cc1cn[nH]c1-c1ccc(Cl)cc1)c1nc2ccccc2s1. The smallest absolute Gasteiger partial charge is 0.307 e. The number of hydrogen-bond acceptors (Lipinski definition) is 4. The van der Waals surface area contributed by atoms with Crippen molar-refractivity contribution in [2.45, 2.75) is 6.42 Å². The first kappa shape index (κ1) is 17.5. The van der Waals surface area contributed by atoms with Crippen molar-refractivity contribution in [3.63, 3.8) is 0 Å². The van der Waals surface area contributed by atoms with Crippen molar-refractivity contribution in [3.05, 3.63) is 70.3 Å². The van der Waals surface area contributed by atoms with Gasteiger partial charge in [0.15, 0.2) is 0 Å². The summed E-state index contributed by atoms with van der Waals surface area (Å²) in [6, 6.07) is 15.1. The van der Waals surface area contributed by atoms with Crippen molar-refractivity contribution in [1.82, 2.24) is 15.2 Å². The number of H-pyrrole nitrogens is 1. The average molecular weight is 396 g/mol. The maximum absolute atomic E-state index is 11.4. The number of thiazole rings is 1. The molecule has 2 aromatic carbocycles. The number of hydrogen-bond donors (Lipinski definition) is 2. The number of aromatic nitrogens is 3. The highest BCUT2D eigenvalue weighted by Crippen LogP contribution is 2.32. The van der Waals surface area contributed by atoms with Crippen molar-refractivity contribution < 1.29 is 9.90 Å². The summed E-state index contributed by atoms with van der Waals surface area (Å²) in [6.07, 6.45) is 3.39. The van der Waals surface area contributed by atoms with Crippen LogP contribution in [0.5, 0.6) is 0 Å². The molecule has 4 aromatic rings. The minimum Gasteiger partial charge on any atom is -0.481 e. The Morgan fingerprint density at radius 2 is 1.96 bits per heavy atom.